The van der Waals surface area contributed by atoms with Gasteiger partial charge in [0.05, 0.1) is 17.3 Å². The van der Waals surface area contributed by atoms with Gasteiger partial charge in [0.25, 0.3) is 5.91 Å². The molecule has 8 nitrogen and oxygen atoms in total. The Labute approximate surface area is 174 Å². The summed E-state index contributed by atoms with van der Waals surface area (Å²) in [4.78, 5) is 23.5. The van der Waals surface area contributed by atoms with E-state index in [-0.39, 0.29) is 17.8 Å². The molecule has 1 aliphatic rings. The average Bonchev–Trinajstić information content (AvgIpc) is 2.77. The largest absolute Gasteiger partial charge is 0.384 e. The lowest BCUT2D eigenvalue weighted by Crippen LogP contribution is -2.45. The standard InChI is InChI=1S/C22H25N7O/c23-16-5-2-8-29(11-16)22(30)15-6-7-17-18(10-15)27-12-28-20(17)19(24)13-3-1-4-14(9-13)21(25)26/h1,3-4,6-7,9-10,12,16,19H,2,5,8,11,23-24H2,(H3,25,26). The zero-order valence-corrected chi connectivity index (χ0v) is 16.6. The lowest BCUT2D eigenvalue weighted by molar-refractivity contribution is 0.0709. The van der Waals surface area contributed by atoms with Crippen LogP contribution in [-0.4, -0.2) is 45.7 Å². The van der Waals surface area contributed by atoms with Crippen LogP contribution in [0.2, 0.25) is 0 Å². The number of nitrogens with two attached hydrogens (primary N) is 3. The third-order valence-electron chi connectivity index (χ3n) is 5.51. The second-order valence-electron chi connectivity index (χ2n) is 7.66. The molecule has 2 heterocycles. The highest BCUT2D eigenvalue weighted by Crippen LogP contribution is 2.26. The van der Waals surface area contributed by atoms with Crippen molar-refractivity contribution in [1.29, 1.82) is 5.41 Å². The molecule has 2 atom stereocenters. The molecule has 4 rings (SSSR count). The second-order valence-corrected chi connectivity index (χ2v) is 7.66. The molecule has 0 spiro atoms. The molecule has 1 saturated heterocycles. The fourth-order valence-corrected chi connectivity index (χ4v) is 3.89. The Morgan fingerprint density at radius 3 is 2.77 bits per heavy atom. The summed E-state index contributed by atoms with van der Waals surface area (Å²) >= 11 is 0. The van der Waals surface area contributed by atoms with E-state index < -0.39 is 6.04 Å². The SMILES string of the molecule is N=C(N)c1cccc(C(N)c2ncnc3cc(C(=O)N4CCCC(N)C4)ccc23)c1. The number of nitrogens with one attached hydrogen (secondary N) is 1. The number of nitrogens with zero attached hydrogens (tertiary/aromatic N) is 3. The second kappa shape index (κ2) is 8.17. The minimum atomic E-state index is -0.517. The molecule has 0 saturated carbocycles. The molecular formula is C22H25N7O. The number of carbonyl (C=O) groups excluding carboxylic acids is 1. The summed E-state index contributed by atoms with van der Waals surface area (Å²) in [6, 6.07) is 12.2. The maximum absolute atomic E-state index is 12.9. The molecule has 8 heteroatoms. The van der Waals surface area contributed by atoms with Gasteiger partial charge >= 0.3 is 0 Å². The third kappa shape index (κ3) is 3.87. The average molecular weight is 403 g/mol. The van der Waals surface area contributed by atoms with Crippen LogP contribution in [0.1, 0.15) is 46.1 Å². The van der Waals surface area contributed by atoms with Crippen LogP contribution in [0.4, 0.5) is 0 Å². The van der Waals surface area contributed by atoms with Gasteiger partial charge in [0.1, 0.15) is 12.2 Å². The van der Waals surface area contributed by atoms with Crippen LogP contribution in [-0.2, 0) is 0 Å². The molecule has 7 N–H and O–H groups in total. The third-order valence-corrected chi connectivity index (χ3v) is 5.51. The van der Waals surface area contributed by atoms with Crippen LogP contribution in [0.15, 0.2) is 48.8 Å². The normalized spacial score (nSPS) is 17.7. The number of hydrogen-bond acceptors (Lipinski definition) is 6. The highest BCUT2D eigenvalue weighted by molar-refractivity contribution is 5.98. The summed E-state index contributed by atoms with van der Waals surface area (Å²) in [5.41, 5.74) is 21.4. The highest BCUT2D eigenvalue weighted by Gasteiger charge is 2.23. The van der Waals surface area contributed by atoms with Crippen molar-refractivity contribution in [3.63, 3.8) is 0 Å². The smallest absolute Gasteiger partial charge is 0.253 e. The lowest BCUT2D eigenvalue weighted by Gasteiger charge is -2.30. The van der Waals surface area contributed by atoms with E-state index >= 15 is 0 Å². The zero-order chi connectivity index (χ0) is 21.3. The van der Waals surface area contributed by atoms with E-state index in [9.17, 15) is 4.79 Å². The van der Waals surface area contributed by atoms with Crippen molar-refractivity contribution in [3.05, 3.63) is 71.2 Å². The molecule has 1 aromatic heterocycles. The topological polar surface area (TPSA) is 148 Å². The molecular weight excluding hydrogens is 378 g/mol. The number of fused-ring (bicyclic) bond motifs is 1. The monoisotopic (exact) mass is 403 g/mol. The summed E-state index contributed by atoms with van der Waals surface area (Å²) in [6.07, 6.45) is 3.32. The molecule has 2 unspecified atom stereocenters. The number of amides is 1. The van der Waals surface area contributed by atoms with Crippen LogP contribution in [0.5, 0.6) is 0 Å². The molecule has 3 aromatic rings. The molecule has 1 aliphatic heterocycles. The number of carbonyl (C=O) groups is 1. The van der Waals surface area contributed by atoms with E-state index in [1.165, 1.54) is 6.33 Å². The van der Waals surface area contributed by atoms with Crippen LogP contribution in [0.25, 0.3) is 10.9 Å². The van der Waals surface area contributed by atoms with E-state index in [2.05, 4.69) is 9.97 Å². The van der Waals surface area contributed by atoms with Gasteiger partial charge in [0, 0.05) is 35.6 Å². The molecule has 2 aromatic carbocycles. The summed E-state index contributed by atoms with van der Waals surface area (Å²) in [5, 5.41) is 8.42. The molecule has 154 valence electrons. The molecule has 0 aliphatic carbocycles. The van der Waals surface area contributed by atoms with Crippen molar-refractivity contribution in [2.45, 2.75) is 24.9 Å². The van der Waals surface area contributed by atoms with Gasteiger partial charge in [-0.3, -0.25) is 10.2 Å². The lowest BCUT2D eigenvalue weighted by atomic mass is 9.98. The Kier molecular flexibility index (Phi) is 5.43. The van der Waals surface area contributed by atoms with Crippen molar-refractivity contribution in [2.24, 2.45) is 17.2 Å². The van der Waals surface area contributed by atoms with Gasteiger partial charge in [0.15, 0.2) is 0 Å². The maximum atomic E-state index is 12.9. The van der Waals surface area contributed by atoms with Gasteiger partial charge < -0.3 is 22.1 Å². The van der Waals surface area contributed by atoms with E-state index in [1.54, 1.807) is 29.2 Å². The van der Waals surface area contributed by atoms with E-state index in [0.717, 1.165) is 30.3 Å². The van der Waals surface area contributed by atoms with Gasteiger partial charge in [-0.05, 0) is 36.6 Å². The molecule has 30 heavy (non-hydrogen) atoms. The Hall–Kier alpha value is -3.36. The number of nitrogen functional groups attached to an aromatic ring is 1. The van der Waals surface area contributed by atoms with E-state index in [1.807, 2.05) is 18.2 Å². The molecule has 1 fully saturated rings. The van der Waals surface area contributed by atoms with Crippen molar-refractivity contribution in [3.8, 4) is 0 Å². The van der Waals surface area contributed by atoms with Gasteiger partial charge in [-0.1, -0.05) is 24.3 Å². The molecule has 0 bridgehead atoms. The van der Waals surface area contributed by atoms with Gasteiger partial charge in [-0.15, -0.1) is 0 Å². The van der Waals surface area contributed by atoms with E-state index in [4.69, 9.17) is 22.6 Å². The number of aromatic nitrogens is 2. The van der Waals surface area contributed by atoms with Crippen molar-refractivity contribution < 1.29 is 4.79 Å². The Balaban J connectivity index is 1.67. The maximum Gasteiger partial charge on any atom is 0.253 e. The van der Waals surface area contributed by atoms with Crippen molar-refractivity contribution in [2.75, 3.05) is 13.1 Å². The Bertz CT molecular complexity index is 1110. The summed E-state index contributed by atoms with van der Waals surface area (Å²) in [6.45, 7) is 1.29. The minimum Gasteiger partial charge on any atom is -0.384 e. The van der Waals surface area contributed by atoms with E-state index in [0.29, 0.717) is 28.9 Å². The Morgan fingerprint density at radius 2 is 2.00 bits per heavy atom. The predicted octanol–water partition coefficient (Wildman–Crippen LogP) is 1.53. The van der Waals surface area contributed by atoms with Gasteiger partial charge in [-0.25, -0.2) is 9.97 Å². The number of rotatable bonds is 4. The Morgan fingerprint density at radius 1 is 1.17 bits per heavy atom. The van der Waals surface area contributed by atoms with Crippen LogP contribution in [0, 0.1) is 5.41 Å². The first-order chi connectivity index (χ1) is 14.4. The fourth-order valence-electron chi connectivity index (χ4n) is 3.89. The molecule has 0 radical (unpaired) electrons. The predicted molar refractivity (Wildman–Crippen MR) is 116 cm³/mol. The van der Waals surface area contributed by atoms with Crippen LogP contribution >= 0.6 is 0 Å². The molecule has 1 amide bonds. The summed E-state index contributed by atoms with van der Waals surface area (Å²) < 4.78 is 0. The number of hydrogen-bond donors (Lipinski definition) is 4. The summed E-state index contributed by atoms with van der Waals surface area (Å²) in [7, 11) is 0. The van der Waals surface area contributed by atoms with Crippen molar-refractivity contribution in [1.82, 2.24) is 14.9 Å². The van der Waals surface area contributed by atoms with Gasteiger partial charge in [0.2, 0.25) is 0 Å². The number of benzene rings is 2. The number of piperidine rings is 1. The summed E-state index contributed by atoms with van der Waals surface area (Å²) in [5.74, 6) is -0.0529. The first-order valence-corrected chi connectivity index (χ1v) is 9.93. The first-order valence-electron chi connectivity index (χ1n) is 9.93. The number of amidine groups is 1. The van der Waals surface area contributed by atoms with Gasteiger partial charge in [-0.2, -0.15) is 0 Å². The highest BCUT2D eigenvalue weighted by atomic mass is 16.2. The number of likely N-dealkylation sites (tertiary alicyclic amines) is 1. The van der Waals surface area contributed by atoms with Crippen LogP contribution in [0.3, 0.4) is 0 Å². The minimum absolute atomic E-state index is 0.0165. The zero-order valence-electron chi connectivity index (χ0n) is 16.6. The quantitative estimate of drug-likeness (QED) is 0.383. The van der Waals surface area contributed by atoms with Crippen LogP contribution < -0.4 is 17.2 Å². The van der Waals surface area contributed by atoms with Crippen molar-refractivity contribution >= 4 is 22.6 Å². The fraction of sp³-hybridized carbons (Fsp3) is 0.273. The first kappa shape index (κ1) is 19.9.